The number of aliphatic imine (C=N–C) groups is 1. The summed E-state index contributed by atoms with van der Waals surface area (Å²) in [7, 11) is 4.09. The maximum absolute atomic E-state index is 5.88. The number of benzene rings is 1. The summed E-state index contributed by atoms with van der Waals surface area (Å²) in [6, 6.07) is 5.70. The highest BCUT2D eigenvalue weighted by Gasteiger charge is 2.10. The van der Waals surface area contributed by atoms with Crippen LogP contribution in [0, 0.1) is 0 Å². The Morgan fingerprint density at radius 3 is 2.81 bits per heavy atom. The largest absolute Gasteiger partial charge is 0.490 e. The van der Waals surface area contributed by atoms with Gasteiger partial charge in [-0.15, -0.1) is 0 Å². The number of hydrogen-bond acceptors (Lipinski definition) is 4. The number of guanidine groups is 1. The van der Waals surface area contributed by atoms with E-state index >= 15 is 0 Å². The van der Waals surface area contributed by atoms with E-state index in [-0.39, 0.29) is 0 Å². The van der Waals surface area contributed by atoms with Gasteiger partial charge < -0.3 is 25.4 Å². The minimum absolute atomic E-state index is 0.420. The van der Waals surface area contributed by atoms with Crippen molar-refractivity contribution in [1.29, 1.82) is 0 Å². The molecule has 21 heavy (non-hydrogen) atoms. The zero-order valence-electron chi connectivity index (χ0n) is 12.8. The minimum atomic E-state index is 0.420. The summed E-state index contributed by atoms with van der Waals surface area (Å²) in [6.45, 7) is 3.07. The van der Waals surface area contributed by atoms with Gasteiger partial charge in [0.2, 0.25) is 0 Å². The van der Waals surface area contributed by atoms with Gasteiger partial charge in [0.25, 0.3) is 0 Å². The predicted octanol–water partition coefficient (Wildman–Crippen LogP) is 1.53. The van der Waals surface area contributed by atoms with Gasteiger partial charge in [0.1, 0.15) is 0 Å². The summed E-state index contributed by atoms with van der Waals surface area (Å²) in [5.41, 5.74) is 6.74. The molecule has 0 fully saturated rings. The lowest BCUT2D eigenvalue weighted by Crippen LogP contribution is -2.23. The second-order valence-electron chi connectivity index (χ2n) is 5.26. The van der Waals surface area contributed by atoms with Crippen LogP contribution in [0.15, 0.2) is 23.2 Å². The topological polar surface area (TPSA) is 72.1 Å². The fourth-order valence-corrected chi connectivity index (χ4v) is 2.01. The van der Waals surface area contributed by atoms with Gasteiger partial charge in [-0.05, 0) is 39.2 Å². The highest BCUT2D eigenvalue weighted by molar-refractivity contribution is 5.92. The summed E-state index contributed by atoms with van der Waals surface area (Å²) >= 11 is 0. The van der Waals surface area contributed by atoms with Gasteiger partial charge in [0.05, 0.1) is 13.2 Å². The van der Waals surface area contributed by atoms with Crippen LogP contribution in [-0.2, 0) is 0 Å². The van der Waals surface area contributed by atoms with Gasteiger partial charge in [-0.3, -0.25) is 4.99 Å². The van der Waals surface area contributed by atoms with Gasteiger partial charge in [-0.1, -0.05) is 0 Å². The molecule has 1 aromatic carbocycles. The Bertz CT molecular complexity index is 489. The van der Waals surface area contributed by atoms with E-state index in [0.29, 0.717) is 25.7 Å². The number of fused-ring (bicyclic) bond motifs is 1. The molecule has 3 N–H and O–H groups in total. The van der Waals surface area contributed by atoms with Gasteiger partial charge in [-0.25, -0.2) is 0 Å². The predicted molar refractivity (Wildman–Crippen MR) is 85.3 cm³/mol. The normalized spacial score (nSPS) is 14.9. The summed E-state index contributed by atoms with van der Waals surface area (Å²) < 4.78 is 11.2. The zero-order chi connectivity index (χ0) is 15.1. The van der Waals surface area contributed by atoms with Crippen LogP contribution in [0.1, 0.15) is 12.8 Å². The van der Waals surface area contributed by atoms with Crippen molar-refractivity contribution in [2.75, 3.05) is 45.7 Å². The third-order valence-corrected chi connectivity index (χ3v) is 3.07. The Morgan fingerprint density at radius 2 is 2.05 bits per heavy atom. The van der Waals surface area contributed by atoms with E-state index < -0.39 is 0 Å². The molecule has 2 rings (SSSR count). The fourth-order valence-electron chi connectivity index (χ4n) is 2.01. The molecule has 0 atom stereocenters. The van der Waals surface area contributed by atoms with Crippen molar-refractivity contribution in [3.05, 3.63) is 18.2 Å². The van der Waals surface area contributed by atoms with Crippen LogP contribution in [0.25, 0.3) is 0 Å². The molecular weight excluding hydrogens is 268 g/mol. The lowest BCUT2D eigenvalue weighted by Gasteiger charge is -2.11. The fraction of sp³-hybridized carbons (Fsp3) is 0.533. The summed E-state index contributed by atoms with van der Waals surface area (Å²) in [5, 5.41) is 3.08. The molecule has 0 saturated heterocycles. The second-order valence-corrected chi connectivity index (χ2v) is 5.26. The van der Waals surface area contributed by atoms with Crippen LogP contribution in [0.2, 0.25) is 0 Å². The molecule has 1 aliphatic heterocycles. The molecule has 1 heterocycles. The van der Waals surface area contributed by atoms with Crippen LogP contribution in [-0.4, -0.2) is 51.3 Å². The van der Waals surface area contributed by atoms with Crippen molar-refractivity contribution in [2.45, 2.75) is 12.8 Å². The van der Waals surface area contributed by atoms with E-state index in [2.05, 4.69) is 15.2 Å². The van der Waals surface area contributed by atoms with Crippen molar-refractivity contribution >= 4 is 11.6 Å². The molecule has 0 unspecified atom stereocenters. The van der Waals surface area contributed by atoms with Crippen LogP contribution in [0.4, 0.5) is 5.69 Å². The smallest absolute Gasteiger partial charge is 0.193 e. The molecule has 0 saturated carbocycles. The van der Waals surface area contributed by atoms with E-state index in [0.717, 1.165) is 36.6 Å². The third kappa shape index (κ3) is 5.15. The average molecular weight is 292 g/mol. The molecule has 0 spiro atoms. The average Bonchev–Trinajstić information content (AvgIpc) is 2.68. The van der Waals surface area contributed by atoms with Crippen molar-refractivity contribution in [3.8, 4) is 11.5 Å². The SMILES string of the molecule is CN(C)CCCN=C(N)Nc1ccc2c(c1)OCCCO2. The Morgan fingerprint density at radius 1 is 1.29 bits per heavy atom. The lowest BCUT2D eigenvalue weighted by atomic mass is 10.3. The number of rotatable bonds is 5. The van der Waals surface area contributed by atoms with Crippen LogP contribution in [0.5, 0.6) is 11.5 Å². The quantitative estimate of drug-likeness (QED) is 0.489. The number of ether oxygens (including phenoxy) is 2. The van der Waals surface area contributed by atoms with Gasteiger partial charge in [0, 0.05) is 24.7 Å². The Balaban J connectivity index is 1.90. The first-order chi connectivity index (χ1) is 10.1. The number of nitrogens with zero attached hydrogens (tertiary/aromatic N) is 2. The standard InChI is InChI=1S/C15H24N4O2/c1-19(2)8-3-7-17-15(16)18-12-5-6-13-14(11-12)21-10-4-9-20-13/h5-6,11H,3-4,7-10H2,1-2H3,(H3,16,17,18). The molecule has 0 radical (unpaired) electrons. The third-order valence-electron chi connectivity index (χ3n) is 3.07. The molecule has 0 aromatic heterocycles. The number of hydrogen-bond donors (Lipinski definition) is 2. The maximum atomic E-state index is 5.88. The molecule has 6 heteroatoms. The summed E-state index contributed by atoms with van der Waals surface area (Å²) in [5.74, 6) is 1.95. The van der Waals surface area contributed by atoms with Crippen molar-refractivity contribution in [1.82, 2.24) is 4.90 Å². The van der Waals surface area contributed by atoms with Crippen molar-refractivity contribution in [3.63, 3.8) is 0 Å². The maximum Gasteiger partial charge on any atom is 0.193 e. The molecule has 116 valence electrons. The first-order valence-corrected chi connectivity index (χ1v) is 7.26. The number of nitrogens with two attached hydrogens (primary N) is 1. The van der Waals surface area contributed by atoms with E-state index in [9.17, 15) is 0 Å². The van der Waals surface area contributed by atoms with Crippen molar-refractivity contribution in [2.24, 2.45) is 10.7 Å². The Hall–Kier alpha value is -1.95. The molecule has 6 nitrogen and oxygen atoms in total. The Kier molecular flexibility index (Phi) is 5.68. The highest BCUT2D eigenvalue weighted by Crippen LogP contribution is 2.32. The minimum Gasteiger partial charge on any atom is -0.490 e. The molecule has 1 aliphatic rings. The summed E-state index contributed by atoms with van der Waals surface area (Å²) in [6.07, 6.45) is 1.88. The molecular formula is C15H24N4O2. The molecule has 1 aromatic rings. The van der Waals surface area contributed by atoms with Crippen molar-refractivity contribution < 1.29 is 9.47 Å². The van der Waals surface area contributed by atoms with E-state index in [4.69, 9.17) is 15.2 Å². The molecule has 0 bridgehead atoms. The van der Waals surface area contributed by atoms with E-state index in [1.807, 2.05) is 32.3 Å². The van der Waals surface area contributed by atoms with Crippen LogP contribution < -0.4 is 20.5 Å². The lowest BCUT2D eigenvalue weighted by molar-refractivity contribution is 0.297. The Labute approximate surface area is 125 Å². The zero-order valence-corrected chi connectivity index (χ0v) is 12.8. The van der Waals surface area contributed by atoms with Gasteiger partial charge in [-0.2, -0.15) is 0 Å². The number of nitrogens with one attached hydrogen (secondary N) is 1. The number of anilines is 1. The van der Waals surface area contributed by atoms with Gasteiger partial charge in [0.15, 0.2) is 17.5 Å². The molecule has 0 aliphatic carbocycles. The summed E-state index contributed by atoms with van der Waals surface area (Å²) in [4.78, 5) is 6.43. The second kappa shape index (κ2) is 7.73. The molecule has 0 amide bonds. The first-order valence-electron chi connectivity index (χ1n) is 7.26. The monoisotopic (exact) mass is 292 g/mol. The first kappa shape index (κ1) is 15.4. The highest BCUT2D eigenvalue weighted by atomic mass is 16.5. The van der Waals surface area contributed by atoms with E-state index in [1.165, 1.54) is 0 Å². The van der Waals surface area contributed by atoms with E-state index in [1.54, 1.807) is 0 Å². The van der Waals surface area contributed by atoms with Gasteiger partial charge >= 0.3 is 0 Å². The van der Waals surface area contributed by atoms with Crippen LogP contribution in [0.3, 0.4) is 0 Å². The van der Waals surface area contributed by atoms with Crippen LogP contribution >= 0.6 is 0 Å².